The first kappa shape index (κ1) is 17.8. The normalized spacial score (nSPS) is 19.7. The van der Waals surface area contributed by atoms with Gasteiger partial charge in [0, 0.05) is 16.3 Å². The van der Waals surface area contributed by atoms with Crippen molar-refractivity contribution in [2.75, 3.05) is 12.9 Å². The van der Waals surface area contributed by atoms with Crippen LogP contribution >= 0.6 is 23.4 Å². The van der Waals surface area contributed by atoms with E-state index in [-0.39, 0.29) is 5.56 Å². The molecule has 2 aromatic rings. The lowest BCUT2D eigenvalue weighted by atomic mass is 10.1. The molecular formula is C18H15ClFNO3S. The predicted octanol–water partition coefficient (Wildman–Crippen LogP) is 3.91. The van der Waals surface area contributed by atoms with E-state index in [4.69, 9.17) is 16.3 Å². The maximum atomic E-state index is 13.5. The summed E-state index contributed by atoms with van der Waals surface area (Å²) in [6.07, 6.45) is 0. The highest BCUT2D eigenvalue weighted by molar-refractivity contribution is 7.99. The highest BCUT2D eigenvalue weighted by Gasteiger charge is 2.43. The van der Waals surface area contributed by atoms with Gasteiger partial charge in [-0.3, -0.25) is 4.79 Å². The molecule has 2 unspecified atom stereocenters. The Morgan fingerprint density at radius 2 is 2.00 bits per heavy atom. The van der Waals surface area contributed by atoms with Gasteiger partial charge in [-0.25, -0.2) is 9.18 Å². The Morgan fingerprint density at radius 1 is 1.24 bits per heavy atom. The van der Waals surface area contributed by atoms with Crippen LogP contribution < -0.4 is 0 Å². The quantitative estimate of drug-likeness (QED) is 0.758. The molecule has 1 amide bonds. The molecule has 0 bridgehead atoms. The Bertz CT molecular complexity index is 816. The lowest BCUT2D eigenvalue weighted by molar-refractivity contribution is -0.145. The zero-order valence-corrected chi connectivity index (χ0v) is 14.9. The molecule has 0 spiro atoms. The monoisotopic (exact) mass is 379 g/mol. The van der Waals surface area contributed by atoms with Crippen molar-refractivity contribution in [1.82, 2.24) is 4.90 Å². The summed E-state index contributed by atoms with van der Waals surface area (Å²) in [5.41, 5.74) is 0.983. The van der Waals surface area contributed by atoms with E-state index in [1.807, 2.05) is 6.07 Å². The Kier molecular flexibility index (Phi) is 5.30. The summed E-state index contributed by atoms with van der Waals surface area (Å²) in [4.78, 5) is 26.6. The molecule has 1 aliphatic rings. The lowest BCUT2D eigenvalue weighted by Gasteiger charge is -2.28. The van der Waals surface area contributed by atoms with E-state index < -0.39 is 29.1 Å². The number of ether oxygens (including phenoxy) is 1. The van der Waals surface area contributed by atoms with E-state index >= 15 is 0 Å². The first-order chi connectivity index (χ1) is 12.0. The second-order valence-electron chi connectivity index (χ2n) is 5.50. The van der Waals surface area contributed by atoms with Crippen LogP contribution in [-0.2, 0) is 9.53 Å². The number of hydrogen-bond donors (Lipinski definition) is 0. The van der Waals surface area contributed by atoms with Crippen molar-refractivity contribution in [2.24, 2.45) is 0 Å². The molecule has 0 saturated carbocycles. The molecule has 3 rings (SSSR count). The van der Waals surface area contributed by atoms with Gasteiger partial charge in [0.25, 0.3) is 5.91 Å². The third kappa shape index (κ3) is 3.65. The fraction of sp³-hybridized carbons (Fsp3) is 0.222. The Balaban J connectivity index is 2.01. The second kappa shape index (κ2) is 7.45. The Hall–Kier alpha value is -2.05. The van der Waals surface area contributed by atoms with Crippen LogP contribution in [0.4, 0.5) is 4.39 Å². The molecule has 0 radical (unpaired) electrons. The van der Waals surface area contributed by atoms with Crippen LogP contribution in [0.25, 0.3) is 0 Å². The first-order valence-corrected chi connectivity index (χ1v) is 8.97. The van der Waals surface area contributed by atoms with E-state index in [1.165, 1.54) is 42.0 Å². The average Bonchev–Trinajstić information content (AvgIpc) is 3.05. The molecule has 25 heavy (non-hydrogen) atoms. The van der Waals surface area contributed by atoms with Gasteiger partial charge in [0.15, 0.2) is 0 Å². The number of methoxy groups -OCH3 is 1. The number of nitrogens with zero attached hydrogens (tertiary/aromatic N) is 1. The van der Waals surface area contributed by atoms with Crippen molar-refractivity contribution in [3.63, 3.8) is 0 Å². The summed E-state index contributed by atoms with van der Waals surface area (Å²) in [5.74, 6) is -1.04. The standard InChI is InChI=1S/C18H15ClFNO3S/c1-24-18(23)15-10-25-17(12-5-2-6-13(19)8-12)21(15)16(22)11-4-3-7-14(20)9-11/h2-9,15,17H,10H2,1H3. The van der Waals surface area contributed by atoms with Crippen molar-refractivity contribution >= 4 is 35.2 Å². The zero-order valence-electron chi connectivity index (χ0n) is 13.3. The van der Waals surface area contributed by atoms with Crippen molar-refractivity contribution in [3.05, 3.63) is 70.5 Å². The van der Waals surface area contributed by atoms with E-state index in [1.54, 1.807) is 18.2 Å². The summed E-state index contributed by atoms with van der Waals surface area (Å²) in [7, 11) is 1.28. The van der Waals surface area contributed by atoms with Crippen LogP contribution in [0.15, 0.2) is 48.5 Å². The first-order valence-electron chi connectivity index (χ1n) is 7.54. The SMILES string of the molecule is COC(=O)C1CSC(c2cccc(Cl)c2)N1C(=O)c1cccc(F)c1. The number of carbonyl (C=O) groups excluding carboxylic acids is 2. The van der Waals surface area contributed by atoms with Crippen molar-refractivity contribution in [1.29, 1.82) is 0 Å². The topological polar surface area (TPSA) is 46.6 Å². The third-order valence-corrected chi connectivity index (χ3v) is 5.47. The Morgan fingerprint density at radius 3 is 2.68 bits per heavy atom. The molecule has 1 saturated heterocycles. The minimum atomic E-state index is -0.741. The number of halogens is 2. The molecule has 0 aliphatic carbocycles. The van der Waals surface area contributed by atoms with E-state index in [9.17, 15) is 14.0 Å². The molecule has 2 atom stereocenters. The lowest BCUT2D eigenvalue weighted by Crippen LogP contribution is -2.43. The van der Waals surface area contributed by atoms with Gasteiger partial charge >= 0.3 is 5.97 Å². The van der Waals surface area contributed by atoms with Gasteiger partial charge in [-0.1, -0.05) is 29.8 Å². The van der Waals surface area contributed by atoms with E-state index in [0.717, 1.165) is 11.6 Å². The van der Waals surface area contributed by atoms with Gasteiger partial charge in [-0.05, 0) is 35.9 Å². The number of esters is 1. The number of amides is 1. The average molecular weight is 380 g/mol. The Labute approximate surface area is 153 Å². The number of hydrogen-bond acceptors (Lipinski definition) is 4. The summed E-state index contributed by atoms with van der Waals surface area (Å²) in [5, 5.41) is 0.135. The fourth-order valence-electron chi connectivity index (χ4n) is 2.76. The molecule has 130 valence electrons. The van der Waals surface area contributed by atoms with E-state index in [2.05, 4.69) is 0 Å². The van der Waals surface area contributed by atoms with Crippen LogP contribution in [0.5, 0.6) is 0 Å². The van der Waals surface area contributed by atoms with Crippen LogP contribution in [0, 0.1) is 5.82 Å². The molecule has 0 N–H and O–H groups in total. The van der Waals surface area contributed by atoms with Crippen molar-refractivity contribution in [3.8, 4) is 0 Å². The van der Waals surface area contributed by atoms with Gasteiger partial charge in [0.1, 0.15) is 17.2 Å². The maximum Gasteiger partial charge on any atom is 0.329 e. The minimum Gasteiger partial charge on any atom is -0.467 e. The number of rotatable bonds is 3. The number of benzene rings is 2. The summed E-state index contributed by atoms with van der Waals surface area (Å²) >= 11 is 7.50. The van der Waals surface area contributed by atoms with Crippen molar-refractivity contribution in [2.45, 2.75) is 11.4 Å². The molecule has 1 aliphatic heterocycles. The molecular weight excluding hydrogens is 365 g/mol. The van der Waals surface area contributed by atoms with Crippen LogP contribution in [0.2, 0.25) is 5.02 Å². The number of thioether (sulfide) groups is 1. The highest BCUT2D eigenvalue weighted by atomic mass is 35.5. The highest BCUT2D eigenvalue weighted by Crippen LogP contribution is 2.43. The largest absolute Gasteiger partial charge is 0.467 e. The predicted molar refractivity (Wildman–Crippen MR) is 95.0 cm³/mol. The molecule has 2 aromatic carbocycles. The second-order valence-corrected chi connectivity index (χ2v) is 7.05. The van der Waals surface area contributed by atoms with Crippen LogP contribution in [0.3, 0.4) is 0 Å². The fourth-order valence-corrected chi connectivity index (χ4v) is 4.36. The smallest absolute Gasteiger partial charge is 0.329 e. The minimum absolute atomic E-state index is 0.184. The van der Waals surface area contributed by atoms with Crippen LogP contribution in [0.1, 0.15) is 21.3 Å². The maximum absolute atomic E-state index is 13.5. The molecule has 0 aromatic heterocycles. The van der Waals surface area contributed by atoms with E-state index in [0.29, 0.717) is 10.8 Å². The summed E-state index contributed by atoms with van der Waals surface area (Å²) < 4.78 is 18.4. The summed E-state index contributed by atoms with van der Waals surface area (Å²) in [6.45, 7) is 0. The van der Waals surface area contributed by atoms with Crippen molar-refractivity contribution < 1.29 is 18.7 Å². The van der Waals surface area contributed by atoms with Gasteiger partial charge in [-0.2, -0.15) is 0 Å². The molecule has 1 heterocycles. The molecule has 1 fully saturated rings. The zero-order chi connectivity index (χ0) is 18.0. The number of carbonyl (C=O) groups is 2. The molecule has 4 nitrogen and oxygen atoms in total. The third-order valence-electron chi connectivity index (χ3n) is 3.91. The van der Waals surface area contributed by atoms with Gasteiger partial charge in [0.2, 0.25) is 0 Å². The summed E-state index contributed by atoms with van der Waals surface area (Å²) in [6, 6.07) is 11.8. The molecule has 7 heteroatoms. The van der Waals surface area contributed by atoms with Gasteiger partial charge in [-0.15, -0.1) is 11.8 Å². The van der Waals surface area contributed by atoms with Gasteiger partial charge in [0.05, 0.1) is 7.11 Å². The van der Waals surface area contributed by atoms with Gasteiger partial charge < -0.3 is 9.64 Å². The van der Waals surface area contributed by atoms with Crippen LogP contribution in [-0.4, -0.2) is 35.7 Å².